The minimum Gasteiger partial charge on any atom is -0.345 e. The zero-order chi connectivity index (χ0) is 13.3. The van der Waals surface area contributed by atoms with Crippen molar-refractivity contribution >= 4 is 39.1 Å². The van der Waals surface area contributed by atoms with Crippen molar-refractivity contribution in [1.82, 2.24) is 4.57 Å². The Bertz CT molecular complexity index is 612. The monoisotopic (exact) mass is 330 g/mol. The summed E-state index contributed by atoms with van der Waals surface area (Å²) in [5, 5.41) is 2.86. The number of aromatic nitrogens is 1. The molecule has 94 valence electrons. The molecule has 6 heteroatoms. The van der Waals surface area contributed by atoms with Gasteiger partial charge in [0, 0.05) is 17.7 Å². The number of anilines is 1. The normalized spacial score (nSPS) is 10.4. The fourth-order valence-electron chi connectivity index (χ4n) is 1.53. The summed E-state index contributed by atoms with van der Waals surface area (Å²) >= 11 is 9.15. The van der Waals surface area contributed by atoms with Crippen LogP contribution in [0.15, 0.2) is 34.9 Å². The highest BCUT2D eigenvalue weighted by Crippen LogP contribution is 2.23. The molecule has 0 saturated carbocycles. The highest BCUT2D eigenvalue weighted by atomic mass is 79.9. The van der Waals surface area contributed by atoms with Gasteiger partial charge in [0.15, 0.2) is 0 Å². The molecule has 0 fully saturated rings. The average Bonchev–Trinajstić information content (AvgIpc) is 2.63. The van der Waals surface area contributed by atoms with Crippen molar-refractivity contribution in [2.24, 2.45) is 7.05 Å². The van der Waals surface area contributed by atoms with Gasteiger partial charge in [-0.3, -0.25) is 4.79 Å². The lowest BCUT2D eigenvalue weighted by atomic mass is 10.3. The summed E-state index contributed by atoms with van der Waals surface area (Å²) in [5.41, 5.74) is 0.696. The van der Waals surface area contributed by atoms with Gasteiger partial charge < -0.3 is 9.88 Å². The van der Waals surface area contributed by atoms with Gasteiger partial charge in [-0.05, 0) is 40.2 Å². The summed E-state index contributed by atoms with van der Waals surface area (Å²) < 4.78 is 15.5. The molecule has 3 nitrogen and oxygen atoms in total. The van der Waals surface area contributed by atoms with Crippen LogP contribution in [0.25, 0.3) is 0 Å². The lowest BCUT2D eigenvalue weighted by Gasteiger charge is -2.07. The van der Waals surface area contributed by atoms with Crippen LogP contribution in [0.1, 0.15) is 10.5 Å². The predicted molar refractivity (Wildman–Crippen MR) is 72.5 cm³/mol. The molecule has 1 heterocycles. The Kier molecular flexibility index (Phi) is 3.73. The van der Waals surface area contributed by atoms with Crippen molar-refractivity contribution in [3.05, 3.63) is 51.5 Å². The number of rotatable bonds is 2. The number of hydrogen-bond acceptors (Lipinski definition) is 1. The van der Waals surface area contributed by atoms with E-state index in [0.29, 0.717) is 5.69 Å². The average molecular weight is 332 g/mol. The minimum atomic E-state index is -0.456. The van der Waals surface area contributed by atoms with E-state index in [2.05, 4.69) is 21.2 Å². The van der Waals surface area contributed by atoms with Gasteiger partial charge in [-0.25, -0.2) is 4.39 Å². The molecular formula is C12H9BrClFN2O. The fraction of sp³-hybridized carbons (Fsp3) is 0.0833. The second kappa shape index (κ2) is 5.12. The largest absolute Gasteiger partial charge is 0.345 e. The molecule has 0 bridgehead atoms. The smallest absolute Gasteiger partial charge is 0.272 e. The number of carbonyl (C=O) groups is 1. The zero-order valence-corrected chi connectivity index (χ0v) is 11.7. The number of nitrogens with one attached hydrogen (secondary N) is 1. The standard InChI is InChI=1S/C12H9BrClFN2O/c1-17-6-7(13)4-11(17)12(18)16-10-5-8(15)2-3-9(10)14/h2-6H,1H3,(H,16,18). The molecule has 0 atom stereocenters. The molecule has 0 spiro atoms. The third-order valence-corrected chi connectivity index (χ3v) is 3.14. The first-order valence-corrected chi connectivity index (χ1v) is 6.23. The van der Waals surface area contributed by atoms with Crippen molar-refractivity contribution in [2.45, 2.75) is 0 Å². The van der Waals surface area contributed by atoms with Crippen molar-refractivity contribution < 1.29 is 9.18 Å². The molecule has 2 aromatic rings. The molecule has 1 aromatic heterocycles. The maximum atomic E-state index is 13.1. The SMILES string of the molecule is Cn1cc(Br)cc1C(=O)Nc1cc(F)ccc1Cl. The van der Waals surface area contributed by atoms with Gasteiger partial charge in [-0.1, -0.05) is 11.6 Å². The van der Waals surface area contributed by atoms with Crippen LogP contribution >= 0.6 is 27.5 Å². The second-order valence-corrected chi connectivity index (χ2v) is 5.06. The van der Waals surface area contributed by atoms with Crippen LogP contribution in [0.5, 0.6) is 0 Å². The van der Waals surface area contributed by atoms with E-state index in [1.807, 2.05) is 0 Å². The second-order valence-electron chi connectivity index (χ2n) is 3.73. The first-order valence-electron chi connectivity index (χ1n) is 5.05. The number of hydrogen-bond donors (Lipinski definition) is 1. The number of carbonyl (C=O) groups excluding carboxylic acids is 1. The van der Waals surface area contributed by atoms with Crippen LogP contribution in [0.2, 0.25) is 5.02 Å². The van der Waals surface area contributed by atoms with E-state index in [4.69, 9.17) is 11.6 Å². The molecule has 0 aliphatic rings. The topological polar surface area (TPSA) is 34.0 Å². The Balaban J connectivity index is 2.26. The van der Waals surface area contributed by atoms with Crippen molar-refractivity contribution in [2.75, 3.05) is 5.32 Å². The molecule has 1 aromatic carbocycles. The Morgan fingerprint density at radius 3 is 2.78 bits per heavy atom. The van der Waals surface area contributed by atoms with Crippen LogP contribution < -0.4 is 5.32 Å². The van der Waals surface area contributed by atoms with Gasteiger partial charge in [0.1, 0.15) is 11.5 Å². The third kappa shape index (κ3) is 2.73. The van der Waals surface area contributed by atoms with Crippen molar-refractivity contribution in [3.63, 3.8) is 0 Å². The number of nitrogens with zero attached hydrogens (tertiary/aromatic N) is 1. The number of aryl methyl sites for hydroxylation is 1. The lowest BCUT2D eigenvalue weighted by Crippen LogP contribution is -2.15. The maximum Gasteiger partial charge on any atom is 0.272 e. The van der Waals surface area contributed by atoms with Crippen molar-refractivity contribution in [1.29, 1.82) is 0 Å². The van der Waals surface area contributed by atoms with E-state index in [1.165, 1.54) is 18.2 Å². The Morgan fingerprint density at radius 2 is 2.17 bits per heavy atom. The minimum absolute atomic E-state index is 0.249. The van der Waals surface area contributed by atoms with Crippen LogP contribution in [-0.2, 0) is 7.05 Å². The molecule has 0 saturated heterocycles. The van der Waals surface area contributed by atoms with E-state index < -0.39 is 5.82 Å². The van der Waals surface area contributed by atoms with E-state index in [1.54, 1.807) is 23.9 Å². The number of amides is 1. The van der Waals surface area contributed by atoms with E-state index >= 15 is 0 Å². The Labute approximate surface area is 117 Å². The van der Waals surface area contributed by atoms with Crippen LogP contribution in [0.4, 0.5) is 10.1 Å². The lowest BCUT2D eigenvalue weighted by molar-refractivity contribution is 0.101. The van der Waals surface area contributed by atoms with Gasteiger partial charge in [-0.15, -0.1) is 0 Å². The van der Waals surface area contributed by atoms with E-state index in [-0.39, 0.29) is 16.6 Å². The van der Waals surface area contributed by atoms with Gasteiger partial charge in [0.2, 0.25) is 0 Å². The molecule has 1 amide bonds. The third-order valence-electron chi connectivity index (χ3n) is 2.38. The van der Waals surface area contributed by atoms with Crippen LogP contribution in [-0.4, -0.2) is 10.5 Å². The van der Waals surface area contributed by atoms with Gasteiger partial charge in [-0.2, -0.15) is 0 Å². The molecule has 0 aliphatic heterocycles. The summed E-state index contributed by atoms with van der Waals surface area (Å²) in [7, 11) is 1.74. The predicted octanol–water partition coefficient (Wildman–Crippen LogP) is 3.83. The highest BCUT2D eigenvalue weighted by molar-refractivity contribution is 9.10. The highest BCUT2D eigenvalue weighted by Gasteiger charge is 2.13. The summed E-state index contributed by atoms with van der Waals surface area (Å²) in [5.74, 6) is -0.807. The summed E-state index contributed by atoms with van der Waals surface area (Å²) in [4.78, 5) is 12.0. The quantitative estimate of drug-likeness (QED) is 0.891. The molecular weight excluding hydrogens is 322 g/mol. The van der Waals surface area contributed by atoms with Crippen LogP contribution in [0, 0.1) is 5.82 Å². The fourth-order valence-corrected chi connectivity index (χ4v) is 2.22. The van der Waals surface area contributed by atoms with E-state index in [9.17, 15) is 9.18 Å². The van der Waals surface area contributed by atoms with E-state index in [0.717, 1.165) is 4.47 Å². The van der Waals surface area contributed by atoms with Gasteiger partial charge >= 0.3 is 0 Å². The Morgan fingerprint density at radius 1 is 1.44 bits per heavy atom. The summed E-state index contributed by atoms with van der Waals surface area (Å²) in [6.45, 7) is 0. The molecule has 1 N–H and O–H groups in total. The first kappa shape index (κ1) is 13.1. The molecule has 18 heavy (non-hydrogen) atoms. The maximum absolute atomic E-state index is 13.1. The molecule has 0 radical (unpaired) electrons. The van der Waals surface area contributed by atoms with Gasteiger partial charge in [0.25, 0.3) is 5.91 Å². The molecule has 0 aliphatic carbocycles. The summed E-state index contributed by atoms with van der Waals surface area (Å²) in [6, 6.07) is 5.48. The van der Waals surface area contributed by atoms with Crippen LogP contribution in [0.3, 0.4) is 0 Å². The number of halogens is 3. The zero-order valence-electron chi connectivity index (χ0n) is 9.38. The summed E-state index contributed by atoms with van der Waals surface area (Å²) in [6.07, 6.45) is 1.75. The Hall–Kier alpha value is -1.33. The van der Waals surface area contributed by atoms with Crippen molar-refractivity contribution in [3.8, 4) is 0 Å². The number of benzene rings is 1. The molecule has 2 rings (SSSR count). The first-order chi connectivity index (χ1) is 8.47. The molecule has 0 unspecified atom stereocenters. The van der Waals surface area contributed by atoms with Gasteiger partial charge in [0.05, 0.1) is 10.7 Å².